The predicted molar refractivity (Wildman–Crippen MR) is 82.8 cm³/mol. The van der Waals surface area contributed by atoms with Crippen molar-refractivity contribution in [3.05, 3.63) is 65.4 Å². The van der Waals surface area contributed by atoms with Crippen LogP contribution >= 0.6 is 0 Å². The van der Waals surface area contributed by atoms with Crippen LogP contribution in [0.1, 0.15) is 16.7 Å². The van der Waals surface area contributed by atoms with Gasteiger partial charge in [-0.25, -0.2) is 4.98 Å². The van der Waals surface area contributed by atoms with Crippen LogP contribution in [0.4, 0.5) is 0 Å². The summed E-state index contributed by atoms with van der Waals surface area (Å²) in [5.74, 6) is 0.378. The number of hydrogen-bond acceptors (Lipinski definition) is 3. The van der Waals surface area contributed by atoms with E-state index in [1.165, 1.54) is 6.08 Å². The van der Waals surface area contributed by atoms with Gasteiger partial charge in [0.05, 0.1) is 7.11 Å². The van der Waals surface area contributed by atoms with Crippen molar-refractivity contribution >= 4 is 12.0 Å². The summed E-state index contributed by atoms with van der Waals surface area (Å²) in [6.45, 7) is 2.40. The summed E-state index contributed by atoms with van der Waals surface area (Å²) in [7, 11) is 1.56. The van der Waals surface area contributed by atoms with Crippen molar-refractivity contribution in [3.8, 4) is 5.88 Å². The molecule has 2 rings (SSSR count). The van der Waals surface area contributed by atoms with Gasteiger partial charge in [0.15, 0.2) is 0 Å². The maximum absolute atomic E-state index is 11.8. The van der Waals surface area contributed by atoms with E-state index in [4.69, 9.17) is 4.74 Å². The molecule has 1 heterocycles. The van der Waals surface area contributed by atoms with Gasteiger partial charge in [0.2, 0.25) is 11.8 Å². The van der Waals surface area contributed by atoms with Gasteiger partial charge in [0.1, 0.15) is 0 Å². The van der Waals surface area contributed by atoms with Crippen LogP contribution in [0.3, 0.4) is 0 Å². The Kier molecular flexibility index (Phi) is 5.10. The number of ether oxygens (including phenoxy) is 1. The summed E-state index contributed by atoms with van der Waals surface area (Å²) in [5, 5.41) is 2.81. The second-order valence-corrected chi connectivity index (χ2v) is 4.64. The molecule has 1 N–H and O–H groups in total. The summed E-state index contributed by atoms with van der Waals surface area (Å²) in [6.07, 6.45) is 4.97. The molecule has 0 unspecified atom stereocenters. The Bertz CT molecular complexity index is 651. The highest BCUT2D eigenvalue weighted by molar-refractivity contribution is 5.91. The Morgan fingerprint density at radius 2 is 2.19 bits per heavy atom. The Morgan fingerprint density at radius 1 is 1.33 bits per heavy atom. The van der Waals surface area contributed by atoms with Gasteiger partial charge in [-0.2, -0.15) is 0 Å². The molecule has 0 aliphatic carbocycles. The minimum atomic E-state index is -0.151. The highest BCUT2D eigenvalue weighted by atomic mass is 16.5. The molecule has 0 saturated carbocycles. The van der Waals surface area contributed by atoms with E-state index in [9.17, 15) is 4.79 Å². The van der Waals surface area contributed by atoms with Crippen molar-refractivity contribution < 1.29 is 9.53 Å². The summed E-state index contributed by atoms with van der Waals surface area (Å²) < 4.78 is 5.14. The van der Waals surface area contributed by atoms with Gasteiger partial charge >= 0.3 is 0 Å². The third-order valence-corrected chi connectivity index (χ3v) is 2.97. The van der Waals surface area contributed by atoms with Crippen LogP contribution in [0.5, 0.6) is 5.88 Å². The van der Waals surface area contributed by atoms with Crippen molar-refractivity contribution in [2.75, 3.05) is 7.11 Å². The van der Waals surface area contributed by atoms with E-state index in [0.29, 0.717) is 12.4 Å². The van der Waals surface area contributed by atoms with E-state index in [1.54, 1.807) is 19.4 Å². The number of rotatable bonds is 5. The quantitative estimate of drug-likeness (QED) is 0.858. The number of aromatic nitrogens is 1. The Morgan fingerprint density at radius 3 is 2.95 bits per heavy atom. The zero-order valence-corrected chi connectivity index (χ0v) is 12.2. The largest absolute Gasteiger partial charge is 0.481 e. The highest BCUT2D eigenvalue weighted by Crippen LogP contribution is 2.12. The van der Waals surface area contributed by atoms with Crippen LogP contribution in [0.25, 0.3) is 6.08 Å². The van der Waals surface area contributed by atoms with Crippen LogP contribution in [0.2, 0.25) is 0 Å². The van der Waals surface area contributed by atoms with Gasteiger partial charge in [-0.15, -0.1) is 0 Å². The topological polar surface area (TPSA) is 51.2 Å². The SMILES string of the molecule is COc1ncccc1CNC(=O)/C=C/c1cccc(C)c1. The second kappa shape index (κ2) is 7.24. The van der Waals surface area contributed by atoms with Crippen LogP contribution < -0.4 is 10.1 Å². The Labute approximate surface area is 124 Å². The van der Waals surface area contributed by atoms with Crippen molar-refractivity contribution in [1.82, 2.24) is 10.3 Å². The zero-order chi connectivity index (χ0) is 15.1. The van der Waals surface area contributed by atoms with E-state index >= 15 is 0 Å². The first-order valence-electron chi connectivity index (χ1n) is 6.69. The molecule has 1 aromatic carbocycles. The molecule has 0 saturated heterocycles. The first kappa shape index (κ1) is 14.8. The molecule has 0 fully saturated rings. The van der Waals surface area contributed by atoms with Gasteiger partial charge in [0.25, 0.3) is 0 Å². The molecule has 0 aliphatic heterocycles. The fourth-order valence-corrected chi connectivity index (χ4v) is 1.93. The molecule has 4 heteroatoms. The maximum Gasteiger partial charge on any atom is 0.244 e. The van der Waals surface area contributed by atoms with Crippen LogP contribution in [0, 0.1) is 6.92 Å². The molecule has 1 amide bonds. The minimum Gasteiger partial charge on any atom is -0.481 e. The van der Waals surface area contributed by atoms with Gasteiger partial charge in [0, 0.05) is 24.4 Å². The van der Waals surface area contributed by atoms with Crippen LogP contribution in [-0.4, -0.2) is 18.0 Å². The molecule has 0 spiro atoms. The number of hydrogen-bond donors (Lipinski definition) is 1. The van der Waals surface area contributed by atoms with Gasteiger partial charge in [-0.1, -0.05) is 35.9 Å². The maximum atomic E-state index is 11.8. The molecule has 4 nitrogen and oxygen atoms in total. The number of methoxy groups -OCH3 is 1. The van der Waals surface area contributed by atoms with E-state index in [1.807, 2.05) is 43.3 Å². The molecule has 0 bridgehead atoms. The molecule has 2 aromatic rings. The van der Waals surface area contributed by atoms with E-state index in [-0.39, 0.29) is 5.91 Å². The lowest BCUT2D eigenvalue weighted by molar-refractivity contribution is -0.116. The third-order valence-electron chi connectivity index (χ3n) is 2.97. The molecule has 0 atom stereocenters. The second-order valence-electron chi connectivity index (χ2n) is 4.64. The van der Waals surface area contributed by atoms with Crippen molar-refractivity contribution in [1.29, 1.82) is 0 Å². The third kappa shape index (κ3) is 4.45. The normalized spacial score (nSPS) is 10.6. The van der Waals surface area contributed by atoms with Gasteiger partial charge in [-0.05, 0) is 24.6 Å². The first-order valence-corrected chi connectivity index (χ1v) is 6.69. The highest BCUT2D eigenvalue weighted by Gasteiger charge is 2.03. The number of aryl methyl sites for hydroxylation is 1. The molecule has 1 aromatic heterocycles. The number of carbonyl (C=O) groups is 1. The average Bonchev–Trinajstić information content (AvgIpc) is 2.51. The van der Waals surface area contributed by atoms with E-state index in [2.05, 4.69) is 10.3 Å². The number of pyridine rings is 1. The number of amides is 1. The average molecular weight is 282 g/mol. The lowest BCUT2D eigenvalue weighted by Crippen LogP contribution is -2.20. The lowest BCUT2D eigenvalue weighted by atomic mass is 10.1. The molecule has 0 aliphatic rings. The van der Waals surface area contributed by atoms with Gasteiger partial charge in [-0.3, -0.25) is 4.79 Å². The van der Waals surface area contributed by atoms with Crippen LogP contribution in [0.15, 0.2) is 48.7 Å². The van der Waals surface area contributed by atoms with Crippen LogP contribution in [-0.2, 0) is 11.3 Å². The summed E-state index contributed by atoms with van der Waals surface area (Å²) >= 11 is 0. The van der Waals surface area contributed by atoms with Crippen molar-refractivity contribution in [2.24, 2.45) is 0 Å². The van der Waals surface area contributed by atoms with E-state index < -0.39 is 0 Å². The minimum absolute atomic E-state index is 0.151. The monoisotopic (exact) mass is 282 g/mol. The Hall–Kier alpha value is -2.62. The number of benzene rings is 1. The lowest BCUT2D eigenvalue weighted by Gasteiger charge is -2.06. The predicted octanol–water partition coefficient (Wildman–Crippen LogP) is 2.73. The van der Waals surface area contributed by atoms with E-state index in [0.717, 1.165) is 16.7 Å². The first-order chi connectivity index (χ1) is 10.2. The van der Waals surface area contributed by atoms with Crippen molar-refractivity contribution in [2.45, 2.75) is 13.5 Å². The van der Waals surface area contributed by atoms with Crippen molar-refractivity contribution in [3.63, 3.8) is 0 Å². The molecule has 21 heavy (non-hydrogen) atoms. The zero-order valence-electron chi connectivity index (χ0n) is 12.2. The standard InChI is InChI=1S/C17H18N2O2/c1-13-5-3-6-14(11-13)8-9-16(20)19-12-15-7-4-10-18-17(15)21-2/h3-11H,12H2,1-2H3,(H,19,20)/b9-8+. The number of nitrogens with one attached hydrogen (secondary N) is 1. The van der Waals surface area contributed by atoms with Gasteiger partial charge < -0.3 is 10.1 Å². The smallest absolute Gasteiger partial charge is 0.244 e. The molecule has 108 valence electrons. The Balaban J connectivity index is 1.93. The fraction of sp³-hybridized carbons (Fsp3) is 0.176. The fourth-order valence-electron chi connectivity index (χ4n) is 1.93. The molecule has 0 radical (unpaired) electrons. The summed E-state index contributed by atoms with van der Waals surface area (Å²) in [5.41, 5.74) is 3.01. The molecular formula is C17H18N2O2. The summed E-state index contributed by atoms with van der Waals surface area (Å²) in [6, 6.07) is 11.7. The number of nitrogens with zero attached hydrogens (tertiary/aromatic N) is 1. The molecular weight excluding hydrogens is 264 g/mol. The summed E-state index contributed by atoms with van der Waals surface area (Å²) in [4.78, 5) is 15.9. The number of carbonyl (C=O) groups excluding carboxylic acids is 1.